The van der Waals surface area contributed by atoms with Gasteiger partial charge in [-0.05, 0) is 23.6 Å². The Labute approximate surface area is 135 Å². The number of carbonyl (C=O) groups excluding carboxylic acids is 1. The van der Waals surface area contributed by atoms with Crippen molar-refractivity contribution in [3.8, 4) is 10.7 Å². The summed E-state index contributed by atoms with van der Waals surface area (Å²) in [6.45, 7) is 0.459. The van der Waals surface area contributed by atoms with Gasteiger partial charge < -0.3 is 9.32 Å². The SMILES string of the molecule is CN(Cc1ccco1)C(=O)CSc1n[nH]c(-c2cccs2)n1. The highest BCUT2D eigenvalue weighted by Crippen LogP contribution is 2.23. The van der Waals surface area contributed by atoms with Crippen molar-refractivity contribution in [3.63, 3.8) is 0 Å². The van der Waals surface area contributed by atoms with E-state index in [1.54, 1.807) is 29.5 Å². The summed E-state index contributed by atoms with van der Waals surface area (Å²) in [6.07, 6.45) is 1.60. The summed E-state index contributed by atoms with van der Waals surface area (Å²) in [7, 11) is 1.75. The molecule has 6 nitrogen and oxygen atoms in total. The topological polar surface area (TPSA) is 75.0 Å². The van der Waals surface area contributed by atoms with Crippen molar-refractivity contribution < 1.29 is 9.21 Å². The number of aromatic nitrogens is 3. The number of thiophene rings is 1. The fraction of sp³-hybridized carbons (Fsp3) is 0.214. The summed E-state index contributed by atoms with van der Waals surface area (Å²) in [6, 6.07) is 7.59. The lowest BCUT2D eigenvalue weighted by molar-refractivity contribution is -0.127. The maximum absolute atomic E-state index is 12.1. The first-order chi connectivity index (χ1) is 10.7. The molecule has 1 N–H and O–H groups in total. The standard InChI is InChI=1S/C14H14N4O2S2/c1-18(8-10-4-2-6-20-10)12(19)9-22-14-15-13(16-17-14)11-5-3-7-21-11/h2-7H,8-9H2,1H3,(H,15,16,17). The molecular formula is C14H14N4O2S2. The molecule has 1 amide bonds. The van der Waals surface area contributed by atoms with Crippen molar-refractivity contribution in [3.05, 3.63) is 41.7 Å². The molecule has 0 aliphatic carbocycles. The van der Waals surface area contributed by atoms with E-state index < -0.39 is 0 Å². The van der Waals surface area contributed by atoms with Gasteiger partial charge in [0.2, 0.25) is 11.1 Å². The van der Waals surface area contributed by atoms with E-state index in [-0.39, 0.29) is 5.91 Å². The fourth-order valence-electron chi connectivity index (χ4n) is 1.80. The largest absolute Gasteiger partial charge is 0.467 e. The molecule has 8 heteroatoms. The van der Waals surface area contributed by atoms with Crippen LogP contribution in [-0.4, -0.2) is 38.8 Å². The van der Waals surface area contributed by atoms with Gasteiger partial charge in [-0.15, -0.1) is 16.4 Å². The van der Waals surface area contributed by atoms with Gasteiger partial charge in [-0.1, -0.05) is 17.8 Å². The molecular weight excluding hydrogens is 320 g/mol. The Bertz CT molecular complexity index is 722. The number of rotatable bonds is 6. The molecule has 3 heterocycles. The number of thioether (sulfide) groups is 1. The molecule has 22 heavy (non-hydrogen) atoms. The number of carbonyl (C=O) groups is 1. The Morgan fingerprint density at radius 3 is 3.09 bits per heavy atom. The lowest BCUT2D eigenvalue weighted by Gasteiger charge is -2.14. The van der Waals surface area contributed by atoms with Gasteiger partial charge in [0.1, 0.15) is 5.76 Å². The van der Waals surface area contributed by atoms with Crippen molar-refractivity contribution in [2.24, 2.45) is 0 Å². The number of nitrogens with one attached hydrogen (secondary N) is 1. The van der Waals surface area contributed by atoms with Crippen LogP contribution in [0.15, 0.2) is 45.5 Å². The Hall–Kier alpha value is -2.06. The number of furan rings is 1. The van der Waals surface area contributed by atoms with E-state index in [0.717, 1.165) is 16.5 Å². The quantitative estimate of drug-likeness (QED) is 0.702. The molecule has 0 saturated heterocycles. The molecule has 0 unspecified atom stereocenters. The first-order valence-electron chi connectivity index (χ1n) is 6.58. The lowest BCUT2D eigenvalue weighted by Crippen LogP contribution is -2.27. The smallest absolute Gasteiger partial charge is 0.233 e. The molecule has 3 aromatic heterocycles. The van der Waals surface area contributed by atoms with Crippen LogP contribution in [-0.2, 0) is 11.3 Å². The van der Waals surface area contributed by atoms with Gasteiger partial charge >= 0.3 is 0 Å². The third kappa shape index (κ3) is 3.58. The fourth-order valence-corrected chi connectivity index (χ4v) is 3.20. The molecule has 0 radical (unpaired) electrons. The van der Waals surface area contributed by atoms with Gasteiger partial charge in [0.25, 0.3) is 0 Å². The van der Waals surface area contributed by atoms with Crippen molar-refractivity contribution in [1.82, 2.24) is 20.1 Å². The average molecular weight is 334 g/mol. The molecule has 0 atom stereocenters. The van der Waals surface area contributed by atoms with Crippen LogP contribution >= 0.6 is 23.1 Å². The summed E-state index contributed by atoms with van der Waals surface area (Å²) >= 11 is 2.91. The Kier molecular flexibility index (Phi) is 4.59. The zero-order valence-corrected chi connectivity index (χ0v) is 13.5. The molecule has 0 aliphatic heterocycles. The van der Waals surface area contributed by atoms with Crippen molar-refractivity contribution in [2.75, 3.05) is 12.8 Å². The van der Waals surface area contributed by atoms with Gasteiger partial charge in [-0.2, -0.15) is 0 Å². The summed E-state index contributed by atoms with van der Waals surface area (Å²) in [5.74, 6) is 1.79. The van der Waals surface area contributed by atoms with E-state index in [2.05, 4.69) is 15.2 Å². The molecule has 0 aliphatic rings. The van der Waals surface area contributed by atoms with E-state index in [4.69, 9.17) is 4.42 Å². The zero-order valence-electron chi connectivity index (χ0n) is 11.9. The van der Waals surface area contributed by atoms with Crippen molar-refractivity contribution >= 4 is 29.0 Å². The molecule has 3 rings (SSSR count). The second-order valence-corrected chi connectivity index (χ2v) is 6.45. The van der Waals surface area contributed by atoms with Crippen LogP contribution in [0.1, 0.15) is 5.76 Å². The monoisotopic (exact) mass is 334 g/mol. The predicted molar refractivity (Wildman–Crippen MR) is 85.6 cm³/mol. The van der Waals surface area contributed by atoms with Crippen molar-refractivity contribution in [2.45, 2.75) is 11.7 Å². The van der Waals surface area contributed by atoms with Crippen LogP contribution in [0.3, 0.4) is 0 Å². The molecule has 3 aromatic rings. The minimum atomic E-state index is 0.00359. The van der Waals surface area contributed by atoms with Crippen molar-refractivity contribution in [1.29, 1.82) is 0 Å². The minimum absolute atomic E-state index is 0.00359. The van der Waals surface area contributed by atoms with Gasteiger partial charge in [0, 0.05) is 7.05 Å². The maximum atomic E-state index is 12.1. The molecule has 0 spiro atoms. The van der Waals surface area contributed by atoms with Crippen LogP contribution in [0, 0.1) is 0 Å². The number of hydrogen-bond donors (Lipinski definition) is 1. The highest BCUT2D eigenvalue weighted by Gasteiger charge is 2.13. The minimum Gasteiger partial charge on any atom is -0.467 e. The third-order valence-electron chi connectivity index (χ3n) is 2.94. The highest BCUT2D eigenvalue weighted by molar-refractivity contribution is 7.99. The maximum Gasteiger partial charge on any atom is 0.233 e. The molecule has 114 valence electrons. The number of nitrogens with zero attached hydrogens (tertiary/aromatic N) is 3. The van der Waals surface area contributed by atoms with Crippen LogP contribution in [0.5, 0.6) is 0 Å². The molecule has 0 saturated carbocycles. The Morgan fingerprint density at radius 1 is 1.45 bits per heavy atom. The lowest BCUT2D eigenvalue weighted by atomic mass is 10.4. The summed E-state index contributed by atoms with van der Waals surface area (Å²) in [4.78, 5) is 19.1. The average Bonchev–Trinajstić information content (AvgIpc) is 3.25. The van der Waals surface area contributed by atoms with Crippen LogP contribution in [0.2, 0.25) is 0 Å². The summed E-state index contributed by atoms with van der Waals surface area (Å²) < 4.78 is 5.23. The van der Waals surface area contributed by atoms with E-state index >= 15 is 0 Å². The second-order valence-electron chi connectivity index (χ2n) is 4.56. The van der Waals surface area contributed by atoms with E-state index in [9.17, 15) is 4.79 Å². The number of amides is 1. The number of H-pyrrole nitrogens is 1. The van der Waals surface area contributed by atoms with Gasteiger partial charge in [0.15, 0.2) is 5.82 Å². The van der Waals surface area contributed by atoms with Gasteiger partial charge in [0.05, 0.1) is 23.4 Å². The molecule has 0 aromatic carbocycles. The van der Waals surface area contributed by atoms with Gasteiger partial charge in [-0.3, -0.25) is 9.89 Å². The highest BCUT2D eigenvalue weighted by atomic mass is 32.2. The number of hydrogen-bond acceptors (Lipinski definition) is 6. The summed E-state index contributed by atoms with van der Waals surface area (Å²) in [5.41, 5.74) is 0. The first kappa shape index (κ1) is 14.9. The van der Waals surface area contributed by atoms with Crippen LogP contribution in [0.25, 0.3) is 10.7 Å². The van der Waals surface area contributed by atoms with Crippen LogP contribution < -0.4 is 0 Å². The van der Waals surface area contributed by atoms with E-state index in [1.807, 2.05) is 29.6 Å². The predicted octanol–water partition coefficient (Wildman–Crippen LogP) is 2.88. The first-order valence-corrected chi connectivity index (χ1v) is 8.44. The Morgan fingerprint density at radius 2 is 2.36 bits per heavy atom. The van der Waals surface area contributed by atoms with Gasteiger partial charge in [-0.25, -0.2) is 4.98 Å². The molecule has 0 bridgehead atoms. The third-order valence-corrected chi connectivity index (χ3v) is 4.65. The Balaban J connectivity index is 1.52. The number of aromatic amines is 1. The normalized spacial score (nSPS) is 10.8. The van der Waals surface area contributed by atoms with Crippen LogP contribution in [0.4, 0.5) is 0 Å². The zero-order chi connectivity index (χ0) is 15.4. The second kappa shape index (κ2) is 6.80. The molecule has 0 fully saturated rings. The summed E-state index contributed by atoms with van der Waals surface area (Å²) in [5, 5.41) is 9.57. The van der Waals surface area contributed by atoms with E-state index in [0.29, 0.717) is 17.5 Å². The van der Waals surface area contributed by atoms with E-state index in [1.165, 1.54) is 11.8 Å².